The van der Waals surface area contributed by atoms with Crippen molar-refractivity contribution in [2.75, 3.05) is 11.9 Å². The molecule has 8 heteroatoms. The SMILES string of the molecule is Cc1cc(NC(=O)C2CCCO2)n(-c2ncc(Cl)cc2Cl)n1. The number of nitrogens with one attached hydrogen (secondary N) is 1. The van der Waals surface area contributed by atoms with Gasteiger partial charge in [-0.05, 0) is 25.8 Å². The minimum atomic E-state index is -0.419. The minimum Gasteiger partial charge on any atom is -0.368 e. The molecule has 1 fully saturated rings. The number of hydrogen-bond donors (Lipinski definition) is 1. The van der Waals surface area contributed by atoms with Crippen LogP contribution in [-0.2, 0) is 9.53 Å². The normalized spacial score (nSPS) is 17.7. The van der Waals surface area contributed by atoms with Crippen LogP contribution in [0.15, 0.2) is 18.3 Å². The van der Waals surface area contributed by atoms with Gasteiger partial charge in [-0.1, -0.05) is 23.2 Å². The van der Waals surface area contributed by atoms with Crippen molar-refractivity contribution in [3.8, 4) is 5.82 Å². The van der Waals surface area contributed by atoms with Crippen LogP contribution in [0.2, 0.25) is 10.0 Å². The van der Waals surface area contributed by atoms with Crippen molar-refractivity contribution in [1.29, 1.82) is 0 Å². The molecule has 2 aromatic heterocycles. The fourth-order valence-corrected chi connectivity index (χ4v) is 2.76. The van der Waals surface area contributed by atoms with Gasteiger partial charge in [0.05, 0.1) is 15.7 Å². The summed E-state index contributed by atoms with van der Waals surface area (Å²) >= 11 is 12.0. The van der Waals surface area contributed by atoms with Crippen LogP contribution in [-0.4, -0.2) is 33.4 Å². The zero-order valence-electron chi connectivity index (χ0n) is 11.8. The van der Waals surface area contributed by atoms with Crippen LogP contribution in [0.4, 0.5) is 5.82 Å². The van der Waals surface area contributed by atoms with E-state index in [2.05, 4.69) is 15.4 Å². The van der Waals surface area contributed by atoms with Gasteiger partial charge in [-0.15, -0.1) is 0 Å². The van der Waals surface area contributed by atoms with Gasteiger partial charge in [-0.3, -0.25) is 4.79 Å². The third-order valence-corrected chi connectivity index (χ3v) is 3.78. The first-order chi connectivity index (χ1) is 10.5. The van der Waals surface area contributed by atoms with Crippen LogP contribution < -0.4 is 5.32 Å². The first-order valence-electron chi connectivity index (χ1n) is 6.85. The van der Waals surface area contributed by atoms with Crippen molar-refractivity contribution in [3.63, 3.8) is 0 Å². The third kappa shape index (κ3) is 3.09. The average molecular weight is 341 g/mol. The number of aromatic nitrogens is 3. The summed E-state index contributed by atoms with van der Waals surface area (Å²) in [6.45, 7) is 2.43. The average Bonchev–Trinajstić information content (AvgIpc) is 3.09. The summed E-state index contributed by atoms with van der Waals surface area (Å²) in [6, 6.07) is 3.33. The fourth-order valence-electron chi connectivity index (χ4n) is 2.30. The van der Waals surface area contributed by atoms with Gasteiger partial charge < -0.3 is 10.1 Å². The van der Waals surface area contributed by atoms with Gasteiger partial charge in [0, 0.05) is 18.9 Å². The molecular weight excluding hydrogens is 327 g/mol. The van der Waals surface area contributed by atoms with Gasteiger partial charge in [-0.2, -0.15) is 9.78 Å². The summed E-state index contributed by atoms with van der Waals surface area (Å²) in [5.74, 6) is 0.709. The molecule has 116 valence electrons. The number of rotatable bonds is 3. The smallest absolute Gasteiger partial charge is 0.254 e. The van der Waals surface area contributed by atoms with E-state index in [4.69, 9.17) is 27.9 Å². The van der Waals surface area contributed by atoms with Gasteiger partial charge in [0.2, 0.25) is 0 Å². The lowest BCUT2D eigenvalue weighted by molar-refractivity contribution is -0.124. The number of carbonyl (C=O) groups is 1. The number of anilines is 1. The molecule has 1 unspecified atom stereocenters. The summed E-state index contributed by atoms with van der Waals surface area (Å²) in [6.07, 6.45) is 2.67. The lowest BCUT2D eigenvalue weighted by atomic mass is 10.2. The zero-order valence-corrected chi connectivity index (χ0v) is 13.4. The number of amides is 1. The molecule has 1 saturated heterocycles. The quantitative estimate of drug-likeness (QED) is 0.932. The summed E-state index contributed by atoms with van der Waals surface area (Å²) in [5.41, 5.74) is 0.732. The first-order valence-corrected chi connectivity index (χ1v) is 7.61. The maximum atomic E-state index is 12.2. The molecule has 0 saturated carbocycles. The van der Waals surface area contributed by atoms with Crippen molar-refractivity contribution in [3.05, 3.63) is 34.1 Å². The number of carbonyl (C=O) groups excluding carboxylic acids is 1. The second-order valence-corrected chi connectivity index (χ2v) is 5.88. The van der Waals surface area contributed by atoms with Gasteiger partial charge >= 0.3 is 0 Å². The van der Waals surface area contributed by atoms with Gasteiger partial charge in [0.15, 0.2) is 5.82 Å². The molecular formula is C14H14Cl2N4O2. The Bertz CT molecular complexity index is 711. The maximum absolute atomic E-state index is 12.2. The zero-order chi connectivity index (χ0) is 15.7. The van der Waals surface area contributed by atoms with Crippen molar-refractivity contribution >= 4 is 34.9 Å². The Balaban J connectivity index is 1.90. The summed E-state index contributed by atoms with van der Waals surface area (Å²) in [7, 11) is 0. The van der Waals surface area contributed by atoms with Crippen molar-refractivity contribution in [1.82, 2.24) is 14.8 Å². The highest BCUT2D eigenvalue weighted by molar-refractivity contribution is 6.35. The van der Waals surface area contributed by atoms with E-state index in [0.717, 1.165) is 18.5 Å². The van der Waals surface area contributed by atoms with E-state index < -0.39 is 6.10 Å². The number of ether oxygens (including phenoxy) is 1. The second-order valence-electron chi connectivity index (χ2n) is 5.03. The Morgan fingerprint density at radius 3 is 2.95 bits per heavy atom. The van der Waals surface area contributed by atoms with E-state index in [9.17, 15) is 4.79 Å². The molecule has 3 rings (SSSR count). The van der Waals surface area contributed by atoms with Crippen LogP contribution in [0, 0.1) is 6.92 Å². The number of hydrogen-bond acceptors (Lipinski definition) is 4. The largest absolute Gasteiger partial charge is 0.368 e. The van der Waals surface area contributed by atoms with Gasteiger partial charge in [-0.25, -0.2) is 4.98 Å². The van der Waals surface area contributed by atoms with Crippen LogP contribution in [0.25, 0.3) is 5.82 Å². The number of pyridine rings is 1. The van der Waals surface area contributed by atoms with Crippen molar-refractivity contribution in [2.24, 2.45) is 0 Å². The van der Waals surface area contributed by atoms with Crippen molar-refractivity contribution in [2.45, 2.75) is 25.9 Å². The first kappa shape index (κ1) is 15.3. The van der Waals surface area contributed by atoms with Crippen LogP contribution in [0.3, 0.4) is 0 Å². The standard InChI is InChI=1S/C14H14Cl2N4O2/c1-8-5-12(18-14(21)11-3-2-4-22-11)20(19-8)13-10(16)6-9(15)7-17-13/h5-7,11H,2-4H2,1H3,(H,18,21). The molecule has 1 aliphatic heterocycles. The molecule has 3 heterocycles. The van der Waals surface area contributed by atoms with E-state index in [1.54, 1.807) is 12.1 Å². The molecule has 0 spiro atoms. The summed E-state index contributed by atoms with van der Waals surface area (Å²) < 4.78 is 6.86. The molecule has 22 heavy (non-hydrogen) atoms. The predicted octanol–water partition coefficient (Wildman–Crippen LogP) is 3.00. The van der Waals surface area contributed by atoms with E-state index in [0.29, 0.717) is 28.3 Å². The van der Waals surface area contributed by atoms with Crippen LogP contribution in [0.5, 0.6) is 0 Å². The van der Waals surface area contributed by atoms with Crippen molar-refractivity contribution < 1.29 is 9.53 Å². The highest BCUT2D eigenvalue weighted by Crippen LogP contribution is 2.25. The number of halogens is 2. The topological polar surface area (TPSA) is 69.0 Å². The van der Waals surface area contributed by atoms with E-state index in [1.807, 2.05) is 6.92 Å². The summed E-state index contributed by atoms with van der Waals surface area (Å²) in [5, 5.41) is 7.92. The number of aryl methyl sites for hydroxylation is 1. The molecule has 1 amide bonds. The Kier molecular flexibility index (Phi) is 4.33. The Labute approximate surface area is 137 Å². The second kappa shape index (κ2) is 6.24. The molecule has 0 aromatic carbocycles. The molecule has 2 aromatic rings. The maximum Gasteiger partial charge on any atom is 0.254 e. The Hall–Kier alpha value is -1.63. The molecule has 6 nitrogen and oxygen atoms in total. The lowest BCUT2D eigenvalue weighted by Crippen LogP contribution is -2.28. The molecule has 1 aliphatic rings. The molecule has 1 N–H and O–H groups in total. The Morgan fingerprint density at radius 2 is 2.27 bits per heavy atom. The monoisotopic (exact) mass is 340 g/mol. The highest BCUT2D eigenvalue weighted by atomic mass is 35.5. The van der Waals surface area contributed by atoms with Crippen LogP contribution in [0.1, 0.15) is 18.5 Å². The minimum absolute atomic E-state index is 0.191. The van der Waals surface area contributed by atoms with Gasteiger partial charge in [0.25, 0.3) is 5.91 Å². The molecule has 1 atom stereocenters. The highest BCUT2D eigenvalue weighted by Gasteiger charge is 2.25. The number of nitrogens with zero attached hydrogens (tertiary/aromatic N) is 3. The predicted molar refractivity (Wildman–Crippen MR) is 83.7 cm³/mol. The Morgan fingerprint density at radius 1 is 1.45 bits per heavy atom. The van der Waals surface area contributed by atoms with E-state index in [-0.39, 0.29) is 5.91 Å². The molecule has 0 aliphatic carbocycles. The summed E-state index contributed by atoms with van der Waals surface area (Å²) in [4.78, 5) is 16.4. The van der Waals surface area contributed by atoms with Crippen LogP contribution >= 0.6 is 23.2 Å². The van der Waals surface area contributed by atoms with E-state index >= 15 is 0 Å². The lowest BCUT2D eigenvalue weighted by Gasteiger charge is -2.12. The third-order valence-electron chi connectivity index (χ3n) is 3.29. The fraction of sp³-hybridized carbons (Fsp3) is 0.357. The molecule has 0 radical (unpaired) electrons. The molecule has 0 bridgehead atoms. The van der Waals surface area contributed by atoms with E-state index in [1.165, 1.54) is 10.9 Å². The van der Waals surface area contributed by atoms with Gasteiger partial charge in [0.1, 0.15) is 11.9 Å².